The maximum Gasteiger partial charge on any atom is 0.202 e. The third kappa shape index (κ3) is 1.93. The lowest BCUT2D eigenvalue weighted by molar-refractivity contribution is 0.00705. The molecule has 1 saturated heterocycles. The highest BCUT2D eigenvalue weighted by Gasteiger charge is 2.24. The molecule has 2 aromatic rings. The third-order valence-corrected chi connectivity index (χ3v) is 3.55. The highest BCUT2D eigenvalue weighted by molar-refractivity contribution is 6.31. The van der Waals surface area contributed by atoms with Crippen molar-refractivity contribution in [3.05, 3.63) is 17.3 Å². The Morgan fingerprint density at radius 3 is 3.17 bits per heavy atom. The first-order valence-corrected chi connectivity index (χ1v) is 6.43. The molecule has 0 aromatic carbocycles. The molecule has 1 aliphatic rings. The molecule has 96 valence electrons. The number of ether oxygens (including phenoxy) is 1. The molecular formula is C12H15ClN4O. The normalized spacial score (nSPS) is 24.6. The zero-order valence-corrected chi connectivity index (χ0v) is 10.9. The standard InChI is InChI=1S/C12H15ClN4O/c1-7-4-9(2-3-18-7)17-11-10(16-12(17)14)5-8(13)6-15-11/h5-7,9H,2-4H2,1H3,(H2,14,16). The van der Waals surface area contributed by atoms with Gasteiger partial charge < -0.3 is 10.5 Å². The number of hydrogen-bond donors (Lipinski definition) is 1. The SMILES string of the molecule is CC1CC(n2c(N)nc3cc(Cl)cnc32)CCO1. The van der Waals surface area contributed by atoms with E-state index in [1.165, 1.54) is 0 Å². The summed E-state index contributed by atoms with van der Waals surface area (Å²) in [6.07, 6.45) is 3.74. The van der Waals surface area contributed by atoms with E-state index in [9.17, 15) is 0 Å². The van der Waals surface area contributed by atoms with Gasteiger partial charge in [0.2, 0.25) is 5.95 Å². The Morgan fingerprint density at radius 1 is 1.56 bits per heavy atom. The van der Waals surface area contributed by atoms with E-state index in [0.29, 0.717) is 17.0 Å². The quantitative estimate of drug-likeness (QED) is 0.861. The topological polar surface area (TPSA) is 66.0 Å². The molecule has 2 N–H and O–H groups in total. The van der Waals surface area contributed by atoms with Crippen molar-refractivity contribution in [2.75, 3.05) is 12.3 Å². The molecule has 3 heterocycles. The summed E-state index contributed by atoms with van der Waals surface area (Å²) in [4.78, 5) is 8.68. The summed E-state index contributed by atoms with van der Waals surface area (Å²) in [7, 11) is 0. The second-order valence-corrected chi connectivity index (χ2v) is 5.13. The van der Waals surface area contributed by atoms with E-state index >= 15 is 0 Å². The molecule has 2 aromatic heterocycles. The van der Waals surface area contributed by atoms with Crippen molar-refractivity contribution >= 4 is 28.7 Å². The Labute approximate surface area is 110 Å². The molecule has 0 amide bonds. The van der Waals surface area contributed by atoms with Gasteiger partial charge in [0, 0.05) is 18.8 Å². The average molecular weight is 267 g/mol. The summed E-state index contributed by atoms with van der Waals surface area (Å²) in [5.74, 6) is 0.499. The Kier molecular flexibility index (Phi) is 2.87. The number of nitrogen functional groups attached to an aromatic ring is 1. The fourth-order valence-corrected chi connectivity index (χ4v) is 2.70. The average Bonchev–Trinajstić information content (AvgIpc) is 2.64. The first kappa shape index (κ1) is 11.7. The lowest BCUT2D eigenvalue weighted by atomic mass is 10.0. The van der Waals surface area contributed by atoms with E-state index < -0.39 is 0 Å². The molecule has 1 aliphatic heterocycles. The van der Waals surface area contributed by atoms with Gasteiger partial charge in [-0.2, -0.15) is 0 Å². The van der Waals surface area contributed by atoms with E-state index in [1.807, 2.05) is 4.57 Å². The fourth-order valence-electron chi connectivity index (χ4n) is 2.54. The smallest absolute Gasteiger partial charge is 0.202 e. The number of pyridine rings is 1. The Morgan fingerprint density at radius 2 is 2.39 bits per heavy atom. The molecule has 2 unspecified atom stereocenters. The molecule has 0 aliphatic carbocycles. The molecule has 18 heavy (non-hydrogen) atoms. The van der Waals surface area contributed by atoms with Crippen LogP contribution in [0.3, 0.4) is 0 Å². The minimum absolute atomic E-state index is 0.243. The summed E-state index contributed by atoms with van der Waals surface area (Å²) in [5, 5.41) is 0.576. The zero-order chi connectivity index (χ0) is 12.7. The maximum absolute atomic E-state index is 6.01. The predicted molar refractivity (Wildman–Crippen MR) is 70.6 cm³/mol. The fraction of sp³-hybridized carbons (Fsp3) is 0.500. The Hall–Kier alpha value is -1.33. The van der Waals surface area contributed by atoms with Gasteiger partial charge in [-0.1, -0.05) is 11.6 Å². The lowest BCUT2D eigenvalue weighted by Crippen LogP contribution is -2.26. The van der Waals surface area contributed by atoms with Crippen molar-refractivity contribution in [2.24, 2.45) is 0 Å². The maximum atomic E-state index is 6.01. The second kappa shape index (κ2) is 4.40. The van der Waals surface area contributed by atoms with Crippen LogP contribution in [0, 0.1) is 0 Å². The highest BCUT2D eigenvalue weighted by Crippen LogP contribution is 2.31. The molecule has 0 spiro atoms. The number of rotatable bonds is 1. The largest absolute Gasteiger partial charge is 0.378 e. The van der Waals surface area contributed by atoms with Crippen LogP contribution in [-0.4, -0.2) is 27.2 Å². The number of fused-ring (bicyclic) bond motifs is 1. The molecule has 2 atom stereocenters. The van der Waals surface area contributed by atoms with E-state index in [1.54, 1.807) is 12.3 Å². The zero-order valence-electron chi connectivity index (χ0n) is 10.1. The van der Waals surface area contributed by atoms with E-state index in [0.717, 1.165) is 30.6 Å². The van der Waals surface area contributed by atoms with Gasteiger partial charge >= 0.3 is 0 Å². The highest BCUT2D eigenvalue weighted by atomic mass is 35.5. The van der Waals surface area contributed by atoms with Gasteiger partial charge in [-0.25, -0.2) is 9.97 Å². The second-order valence-electron chi connectivity index (χ2n) is 4.70. The van der Waals surface area contributed by atoms with Gasteiger partial charge in [0.25, 0.3) is 0 Å². The van der Waals surface area contributed by atoms with Crippen LogP contribution in [0.5, 0.6) is 0 Å². The Balaban J connectivity index is 2.07. The van der Waals surface area contributed by atoms with Crippen LogP contribution >= 0.6 is 11.6 Å². The molecule has 0 radical (unpaired) electrons. The van der Waals surface area contributed by atoms with Gasteiger partial charge in [-0.15, -0.1) is 0 Å². The van der Waals surface area contributed by atoms with Crippen LogP contribution in [0.4, 0.5) is 5.95 Å². The molecule has 3 rings (SSSR count). The summed E-state index contributed by atoms with van der Waals surface area (Å²) in [5.41, 5.74) is 7.56. The van der Waals surface area contributed by atoms with Crippen molar-refractivity contribution in [1.82, 2.24) is 14.5 Å². The van der Waals surface area contributed by atoms with Crippen LogP contribution in [0.15, 0.2) is 12.3 Å². The van der Waals surface area contributed by atoms with E-state index in [4.69, 9.17) is 22.1 Å². The summed E-state index contributed by atoms with van der Waals surface area (Å²) in [6.45, 7) is 2.82. The number of hydrogen-bond acceptors (Lipinski definition) is 4. The first-order valence-electron chi connectivity index (χ1n) is 6.05. The predicted octanol–water partition coefficient (Wildman–Crippen LogP) is 2.41. The van der Waals surface area contributed by atoms with Gasteiger partial charge in [-0.3, -0.25) is 4.57 Å². The minimum Gasteiger partial charge on any atom is -0.378 e. The number of aromatic nitrogens is 3. The van der Waals surface area contributed by atoms with E-state index in [-0.39, 0.29) is 6.10 Å². The van der Waals surface area contributed by atoms with Crippen molar-refractivity contribution < 1.29 is 4.74 Å². The summed E-state index contributed by atoms with van der Waals surface area (Å²) >= 11 is 5.92. The number of imidazole rings is 1. The Bertz CT molecular complexity index is 583. The minimum atomic E-state index is 0.243. The molecule has 0 saturated carbocycles. The van der Waals surface area contributed by atoms with Gasteiger partial charge in [-0.05, 0) is 25.8 Å². The van der Waals surface area contributed by atoms with Crippen molar-refractivity contribution in [3.8, 4) is 0 Å². The van der Waals surface area contributed by atoms with Crippen LogP contribution < -0.4 is 5.73 Å². The summed E-state index contributed by atoms with van der Waals surface area (Å²) < 4.78 is 7.57. The van der Waals surface area contributed by atoms with Crippen LogP contribution in [-0.2, 0) is 4.74 Å². The van der Waals surface area contributed by atoms with Gasteiger partial charge in [0.1, 0.15) is 5.52 Å². The number of anilines is 1. The molecule has 6 heteroatoms. The van der Waals surface area contributed by atoms with Crippen molar-refractivity contribution in [2.45, 2.75) is 31.9 Å². The van der Waals surface area contributed by atoms with Crippen LogP contribution in [0.2, 0.25) is 5.02 Å². The summed E-state index contributed by atoms with van der Waals surface area (Å²) in [6, 6.07) is 2.09. The van der Waals surface area contributed by atoms with Gasteiger partial charge in [0.15, 0.2) is 5.65 Å². The van der Waals surface area contributed by atoms with Crippen molar-refractivity contribution in [3.63, 3.8) is 0 Å². The number of nitrogens with two attached hydrogens (primary N) is 1. The third-order valence-electron chi connectivity index (χ3n) is 3.35. The van der Waals surface area contributed by atoms with Crippen LogP contribution in [0.1, 0.15) is 25.8 Å². The first-order chi connectivity index (χ1) is 8.65. The molecule has 1 fully saturated rings. The molecule has 0 bridgehead atoms. The molecular weight excluding hydrogens is 252 g/mol. The molecule has 5 nitrogen and oxygen atoms in total. The van der Waals surface area contributed by atoms with Crippen molar-refractivity contribution in [1.29, 1.82) is 0 Å². The number of nitrogens with zero attached hydrogens (tertiary/aromatic N) is 3. The lowest BCUT2D eigenvalue weighted by Gasteiger charge is -2.28. The van der Waals surface area contributed by atoms with Crippen LogP contribution in [0.25, 0.3) is 11.2 Å². The van der Waals surface area contributed by atoms with E-state index in [2.05, 4.69) is 16.9 Å². The monoisotopic (exact) mass is 266 g/mol. The number of halogens is 1. The van der Waals surface area contributed by atoms with Gasteiger partial charge in [0.05, 0.1) is 11.1 Å².